The highest BCUT2D eigenvalue weighted by atomic mass is 32.1. The summed E-state index contributed by atoms with van der Waals surface area (Å²) in [5.74, 6) is 0. The lowest BCUT2D eigenvalue weighted by molar-refractivity contribution is 0.187. The third-order valence-electron chi connectivity index (χ3n) is 4.10. The molecule has 1 aromatic heterocycles. The van der Waals surface area contributed by atoms with Crippen molar-refractivity contribution >= 4 is 11.3 Å². The average Bonchev–Trinajstić information content (AvgIpc) is 3.00. The van der Waals surface area contributed by atoms with Crippen LogP contribution in [-0.4, -0.2) is 24.0 Å². The minimum Gasteiger partial charge on any atom is -0.310 e. The molecule has 1 atom stereocenters. The molecule has 1 N–H and O–H groups in total. The van der Waals surface area contributed by atoms with Crippen molar-refractivity contribution in [3.05, 3.63) is 57.8 Å². The van der Waals surface area contributed by atoms with E-state index >= 15 is 0 Å². The van der Waals surface area contributed by atoms with Crippen molar-refractivity contribution in [2.45, 2.75) is 32.5 Å². The Balaban J connectivity index is 1.50. The van der Waals surface area contributed by atoms with Gasteiger partial charge in [-0.25, -0.2) is 0 Å². The van der Waals surface area contributed by atoms with Gasteiger partial charge in [0.1, 0.15) is 0 Å². The SMILES string of the molecule is CC(CNCc1cccs1)N1CCc2ccccc2C1. The van der Waals surface area contributed by atoms with Gasteiger partial charge in [0, 0.05) is 37.1 Å². The average molecular weight is 286 g/mol. The first-order valence-electron chi connectivity index (χ1n) is 7.37. The fraction of sp³-hybridized carbons (Fsp3) is 0.412. The summed E-state index contributed by atoms with van der Waals surface area (Å²) >= 11 is 1.82. The van der Waals surface area contributed by atoms with Gasteiger partial charge in [0.2, 0.25) is 0 Å². The number of hydrogen-bond acceptors (Lipinski definition) is 3. The van der Waals surface area contributed by atoms with Gasteiger partial charge in [-0.3, -0.25) is 4.90 Å². The van der Waals surface area contributed by atoms with Gasteiger partial charge in [0.15, 0.2) is 0 Å². The second kappa shape index (κ2) is 6.53. The van der Waals surface area contributed by atoms with Crippen molar-refractivity contribution in [2.75, 3.05) is 13.1 Å². The van der Waals surface area contributed by atoms with E-state index in [4.69, 9.17) is 0 Å². The maximum absolute atomic E-state index is 3.58. The molecular formula is C17H22N2S. The van der Waals surface area contributed by atoms with Gasteiger partial charge in [-0.05, 0) is 35.9 Å². The minimum atomic E-state index is 0.586. The van der Waals surface area contributed by atoms with Crippen molar-refractivity contribution in [3.63, 3.8) is 0 Å². The molecule has 0 amide bonds. The van der Waals surface area contributed by atoms with Gasteiger partial charge in [-0.2, -0.15) is 0 Å². The highest BCUT2D eigenvalue weighted by Crippen LogP contribution is 2.20. The summed E-state index contributed by atoms with van der Waals surface area (Å²) in [5, 5.41) is 5.72. The number of thiophene rings is 1. The van der Waals surface area contributed by atoms with E-state index in [9.17, 15) is 0 Å². The Bertz CT molecular complexity index is 536. The fourth-order valence-electron chi connectivity index (χ4n) is 2.84. The summed E-state index contributed by atoms with van der Waals surface area (Å²) in [7, 11) is 0. The molecule has 0 saturated carbocycles. The molecule has 2 aromatic rings. The molecule has 2 nitrogen and oxygen atoms in total. The Hall–Kier alpha value is -1.16. The smallest absolute Gasteiger partial charge is 0.0300 e. The van der Waals surface area contributed by atoms with Gasteiger partial charge in [-0.1, -0.05) is 30.3 Å². The first-order valence-corrected chi connectivity index (χ1v) is 8.25. The Kier molecular flexibility index (Phi) is 4.51. The van der Waals surface area contributed by atoms with E-state index in [1.165, 1.54) is 29.0 Å². The molecular weight excluding hydrogens is 264 g/mol. The number of benzene rings is 1. The summed E-state index contributed by atoms with van der Waals surface area (Å²) in [4.78, 5) is 4.00. The van der Waals surface area contributed by atoms with Crippen LogP contribution < -0.4 is 5.32 Å². The first-order chi connectivity index (χ1) is 9.83. The minimum absolute atomic E-state index is 0.586. The van der Waals surface area contributed by atoms with Crippen molar-refractivity contribution in [2.24, 2.45) is 0 Å². The second-order valence-electron chi connectivity index (χ2n) is 5.55. The van der Waals surface area contributed by atoms with Crippen LogP contribution in [0, 0.1) is 0 Å². The molecule has 0 spiro atoms. The van der Waals surface area contributed by atoms with Crippen LogP contribution in [0.2, 0.25) is 0 Å². The molecule has 0 aliphatic carbocycles. The van der Waals surface area contributed by atoms with Gasteiger partial charge in [-0.15, -0.1) is 11.3 Å². The Morgan fingerprint density at radius 2 is 2.05 bits per heavy atom. The molecule has 20 heavy (non-hydrogen) atoms. The zero-order valence-electron chi connectivity index (χ0n) is 12.0. The molecule has 0 saturated heterocycles. The molecule has 1 unspecified atom stereocenters. The molecule has 0 fully saturated rings. The molecule has 1 aliphatic heterocycles. The lowest BCUT2D eigenvalue weighted by Gasteiger charge is -2.33. The van der Waals surface area contributed by atoms with Crippen molar-refractivity contribution < 1.29 is 0 Å². The van der Waals surface area contributed by atoms with Crippen LogP contribution in [0.1, 0.15) is 22.9 Å². The van der Waals surface area contributed by atoms with E-state index < -0.39 is 0 Å². The molecule has 3 rings (SSSR count). The largest absolute Gasteiger partial charge is 0.310 e. The van der Waals surface area contributed by atoms with Crippen molar-refractivity contribution in [1.82, 2.24) is 10.2 Å². The molecule has 1 aromatic carbocycles. The van der Waals surface area contributed by atoms with Gasteiger partial charge in [0.25, 0.3) is 0 Å². The van der Waals surface area contributed by atoms with Crippen LogP contribution >= 0.6 is 11.3 Å². The summed E-state index contributed by atoms with van der Waals surface area (Å²) in [6, 6.07) is 13.7. The van der Waals surface area contributed by atoms with Crippen LogP contribution in [0.3, 0.4) is 0 Å². The fourth-order valence-corrected chi connectivity index (χ4v) is 3.51. The summed E-state index contributed by atoms with van der Waals surface area (Å²) in [6.07, 6.45) is 1.19. The Labute approximate surface area is 125 Å². The maximum atomic E-state index is 3.58. The molecule has 0 bridgehead atoms. The normalized spacial score (nSPS) is 16.9. The predicted molar refractivity (Wildman–Crippen MR) is 86.0 cm³/mol. The molecule has 106 valence electrons. The van der Waals surface area contributed by atoms with Crippen LogP contribution in [0.5, 0.6) is 0 Å². The topological polar surface area (TPSA) is 15.3 Å². The van der Waals surface area contributed by atoms with Crippen molar-refractivity contribution in [1.29, 1.82) is 0 Å². The number of nitrogens with zero attached hydrogens (tertiary/aromatic N) is 1. The molecule has 3 heteroatoms. The third-order valence-corrected chi connectivity index (χ3v) is 4.98. The maximum Gasteiger partial charge on any atom is 0.0300 e. The quantitative estimate of drug-likeness (QED) is 0.907. The lowest BCUT2D eigenvalue weighted by atomic mass is 9.99. The Morgan fingerprint density at radius 3 is 2.85 bits per heavy atom. The summed E-state index contributed by atoms with van der Waals surface area (Å²) in [6.45, 7) is 6.65. The summed E-state index contributed by atoms with van der Waals surface area (Å²) < 4.78 is 0. The molecule has 1 aliphatic rings. The van der Waals surface area contributed by atoms with Crippen LogP contribution in [0.4, 0.5) is 0 Å². The zero-order chi connectivity index (χ0) is 13.8. The number of rotatable bonds is 5. The zero-order valence-corrected chi connectivity index (χ0v) is 12.8. The molecule has 0 radical (unpaired) electrons. The van der Waals surface area contributed by atoms with E-state index in [1.807, 2.05) is 11.3 Å². The van der Waals surface area contributed by atoms with Gasteiger partial charge < -0.3 is 5.32 Å². The Morgan fingerprint density at radius 1 is 1.20 bits per heavy atom. The second-order valence-corrected chi connectivity index (χ2v) is 6.58. The first kappa shape index (κ1) is 13.8. The molecule has 2 heterocycles. The monoisotopic (exact) mass is 286 g/mol. The van der Waals surface area contributed by atoms with E-state index in [-0.39, 0.29) is 0 Å². The predicted octanol–water partition coefficient (Wildman–Crippen LogP) is 3.28. The van der Waals surface area contributed by atoms with E-state index in [1.54, 1.807) is 0 Å². The summed E-state index contributed by atoms with van der Waals surface area (Å²) in [5.41, 5.74) is 3.03. The standard InChI is InChI=1S/C17H22N2S/c1-14(11-18-12-17-7-4-10-20-17)19-9-8-15-5-2-3-6-16(15)13-19/h2-7,10,14,18H,8-9,11-13H2,1H3. The van der Waals surface area contributed by atoms with Crippen molar-refractivity contribution in [3.8, 4) is 0 Å². The van der Waals surface area contributed by atoms with E-state index in [0.717, 1.165) is 19.6 Å². The highest BCUT2D eigenvalue weighted by molar-refractivity contribution is 7.09. The number of fused-ring (bicyclic) bond motifs is 1. The van der Waals surface area contributed by atoms with E-state index in [0.29, 0.717) is 6.04 Å². The van der Waals surface area contributed by atoms with Crippen LogP contribution in [0.25, 0.3) is 0 Å². The van der Waals surface area contributed by atoms with Crippen LogP contribution in [-0.2, 0) is 19.5 Å². The van der Waals surface area contributed by atoms with Gasteiger partial charge >= 0.3 is 0 Å². The number of nitrogens with one attached hydrogen (secondary N) is 1. The third kappa shape index (κ3) is 3.29. The van der Waals surface area contributed by atoms with Crippen LogP contribution in [0.15, 0.2) is 41.8 Å². The lowest BCUT2D eigenvalue weighted by Crippen LogP contribution is -2.42. The number of hydrogen-bond donors (Lipinski definition) is 1. The van der Waals surface area contributed by atoms with Gasteiger partial charge in [0.05, 0.1) is 0 Å². The highest BCUT2D eigenvalue weighted by Gasteiger charge is 2.19. The van der Waals surface area contributed by atoms with E-state index in [2.05, 4.69) is 58.9 Å².